The first-order valence-corrected chi connectivity index (χ1v) is 11.4. The van der Waals surface area contributed by atoms with Gasteiger partial charge in [0, 0.05) is 5.69 Å². The molecule has 0 spiro atoms. The van der Waals surface area contributed by atoms with Gasteiger partial charge >= 0.3 is 0 Å². The highest BCUT2D eigenvalue weighted by molar-refractivity contribution is 8.00. The number of aryl methyl sites for hydroxylation is 1. The van der Waals surface area contributed by atoms with E-state index in [1.54, 1.807) is 0 Å². The Morgan fingerprint density at radius 3 is 2.43 bits per heavy atom. The summed E-state index contributed by atoms with van der Waals surface area (Å²) in [6.45, 7) is 3.10. The molecule has 2 aromatic carbocycles. The summed E-state index contributed by atoms with van der Waals surface area (Å²) in [5.74, 6) is 2.25. The van der Waals surface area contributed by atoms with Crippen molar-refractivity contribution in [3.8, 4) is 11.5 Å². The smallest absolute Gasteiger partial charge is 0.234 e. The largest absolute Gasteiger partial charge is 0.486 e. The third-order valence-electron chi connectivity index (χ3n) is 5.14. The first-order chi connectivity index (χ1) is 14.6. The number of rotatable bonds is 8. The number of ether oxygens (including phenoxy) is 2. The lowest BCUT2D eigenvalue weighted by molar-refractivity contribution is -0.119. The molecule has 0 unspecified atom stereocenters. The second-order valence-corrected chi connectivity index (χ2v) is 8.68. The first kappa shape index (κ1) is 20.6. The van der Waals surface area contributed by atoms with Gasteiger partial charge in [-0.05, 0) is 55.5 Å². The minimum Gasteiger partial charge on any atom is -0.486 e. The number of amides is 2. The Morgan fingerprint density at radius 2 is 1.70 bits per heavy atom. The van der Waals surface area contributed by atoms with Crippen LogP contribution in [0.4, 0.5) is 5.69 Å². The quantitative estimate of drug-likeness (QED) is 0.673. The molecule has 0 saturated heterocycles. The Morgan fingerprint density at radius 1 is 1.00 bits per heavy atom. The maximum absolute atomic E-state index is 12.5. The standard InChI is InChI=1S/C23H26N2O4S/c1-15-2-7-18(8-3-15)24-21(26)13-30-14-22(27)25-23(16-4-5-16)17-6-9-19-20(12-17)29-11-10-28-19/h2-3,6-9,12,16,23H,4-5,10-11,13-14H2,1H3,(H,24,26)(H,25,27)/t23-/m1/s1. The number of nitrogens with one attached hydrogen (secondary N) is 2. The lowest BCUT2D eigenvalue weighted by Gasteiger charge is -2.23. The van der Waals surface area contributed by atoms with Crippen LogP contribution in [0.5, 0.6) is 11.5 Å². The number of hydrogen-bond donors (Lipinski definition) is 2. The first-order valence-electron chi connectivity index (χ1n) is 10.2. The van der Waals surface area contributed by atoms with Gasteiger partial charge in [0.25, 0.3) is 0 Å². The molecule has 2 N–H and O–H groups in total. The summed E-state index contributed by atoms with van der Waals surface area (Å²) < 4.78 is 11.3. The predicted octanol–water partition coefficient (Wildman–Crippen LogP) is 3.71. The predicted molar refractivity (Wildman–Crippen MR) is 118 cm³/mol. The van der Waals surface area contributed by atoms with Crippen molar-refractivity contribution in [1.29, 1.82) is 0 Å². The van der Waals surface area contributed by atoms with E-state index in [4.69, 9.17) is 9.47 Å². The van der Waals surface area contributed by atoms with Crippen LogP contribution in [-0.2, 0) is 9.59 Å². The molecule has 0 radical (unpaired) electrons. The molecule has 2 aliphatic rings. The molecule has 1 fully saturated rings. The van der Waals surface area contributed by atoms with Crippen LogP contribution in [0.2, 0.25) is 0 Å². The molecule has 158 valence electrons. The minimum atomic E-state index is -0.109. The van der Waals surface area contributed by atoms with Gasteiger partial charge in [-0.3, -0.25) is 9.59 Å². The lowest BCUT2D eigenvalue weighted by atomic mass is 10.0. The molecule has 2 amide bonds. The molecular weight excluding hydrogens is 400 g/mol. The van der Waals surface area contributed by atoms with Gasteiger partial charge in [-0.25, -0.2) is 0 Å². The lowest BCUT2D eigenvalue weighted by Crippen LogP contribution is -2.31. The Bertz CT molecular complexity index is 912. The number of carbonyl (C=O) groups excluding carboxylic acids is 2. The van der Waals surface area contributed by atoms with Gasteiger partial charge in [-0.15, -0.1) is 11.8 Å². The number of fused-ring (bicyclic) bond motifs is 1. The van der Waals surface area contributed by atoms with Gasteiger partial charge < -0.3 is 20.1 Å². The number of carbonyl (C=O) groups is 2. The Balaban J connectivity index is 1.27. The summed E-state index contributed by atoms with van der Waals surface area (Å²) in [5.41, 5.74) is 2.95. The normalized spacial score (nSPS) is 15.9. The van der Waals surface area contributed by atoms with Crippen molar-refractivity contribution in [1.82, 2.24) is 5.32 Å². The summed E-state index contributed by atoms with van der Waals surface area (Å²) in [6, 6.07) is 13.5. The van der Waals surface area contributed by atoms with E-state index >= 15 is 0 Å². The molecule has 1 atom stereocenters. The van der Waals surface area contributed by atoms with Crippen LogP contribution in [0.25, 0.3) is 0 Å². The topological polar surface area (TPSA) is 76.7 Å². The highest BCUT2D eigenvalue weighted by atomic mass is 32.2. The van der Waals surface area contributed by atoms with Gasteiger partial charge in [0.15, 0.2) is 11.5 Å². The SMILES string of the molecule is Cc1ccc(NC(=O)CSCC(=O)N[C@@H](c2ccc3c(c2)OCCO3)C2CC2)cc1. The molecule has 1 aliphatic carbocycles. The van der Waals surface area contributed by atoms with E-state index in [2.05, 4.69) is 10.6 Å². The van der Waals surface area contributed by atoms with Crippen LogP contribution in [0.1, 0.15) is 30.0 Å². The summed E-state index contributed by atoms with van der Waals surface area (Å²) in [4.78, 5) is 24.6. The van der Waals surface area contributed by atoms with Gasteiger partial charge in [0.2, 0.25) is 11.8 Å². The van der Waals surface area contributed by atoms with Gasteiger partial charge in [0.05, 0.1) is 17.5 Å². The van der Waals surface area contributed by atoms with Crippen LogP contribution in [0.3, 0.4) is 0 Å². The molecule has 4 rings (SSSR count). The number of hydrogen-bond acceptors (Lipinski definition) is 5. The van der Waals surface area contributed by atoms with Crippen molar-refractivity contribution in [2.45, 2.75) is 25.8 Å². The Kier molecular flexibility index (Phi) is 6.47. The van der Waals surface area contributed by atoms with Gasteiger partial charge in [-0.2, -0.15) is 0 Å². The summed E-state index contributed by atoms with van der Waals surface area (Å²) in [5, 5.41) is 5.99. The molecule has 1 heterocycles. The molecule has 1 saturated carbocycles. The third-order valence-corrected chi connectivity index (χ3v) is 6.07. The average Bonchev–Trinajstić information content (AvgIpc) is 3.58. The maximum atomic E-state index is 12.5. The second kappa shape index (κ2) is 9.43. The zero-order valence-corrected chi connectivity index (χ0v) is 17.8. The Labute approximate surface area is 180 Å². The van der Waals surface area contributed by atoms with Crippen molar-refractivity contribution in [2.24, 2.45) is 5.92 Å². The minimum absolute atomic E-state index is 0.0321. The fourth-order valence-electron chi connectivity index (χ4n) is 3.44. The molecule has 30 heavy (non-hydrogen) atoms. The molecular formula is C23H26N2O4S. The fraction of sp³-hybridized carbons (Fsp3) is 0.391. The van der Waals surface area contributed by atoms with Crippen LogP contribution < -0.4 is 20.1 Å². The van der Waals surface area contributed by atoms with Crippen LogP contribution in [-0.4, -0.2) is 36.5 Å². The summed E-state index contributed by atoms with van der Waals surface area (Å²) in [7, 11) is 0. The van der Waals surface area contributed by atoms with E-state index in [0.717, 1.165) is 41.2 Å². The van der Waals surface area contributed by atoms with Crippen LogP contribution in [0.15, 0.2) is 42.5 Å². The van der Waals surface area contributed by atoms with Crippen LogP contribution in [0, 0.1) is 12.8 Å². The van der Waals surface area contributed by atoms with Crippen molar-refractivity contribution in [3.63, 3.8) is 0 Å². The molecule has 6 nitrogen and oxygen atoms in total. The highest BCUT2D eigenvalue weighted by Crippen LogP contribution is 2.43. The molecule has 0 bridgehead atoms. The van der Waals surface area contributed by atoms with Gasteiger partial charge in [0.1, 0.15) is 13.2 Å². The Hall–Kier alpha value is -2.67. The van der Waals surface area contributed by atoms with E-state index in [0.29, 0.717) is 19.1 Å². The second-order valence-electron chi connectivity index (χ2n) is 7.69. The molecule has 2 aromatic rings. The number of thioether (sulfide) groups is 1. The van der Waals surface area contributed by atoms with Crippen molar-refractivity contribution in [3.05, 3.63) is 53.6 Å². The van der Waals surface area contributed by atoms with Gasteiger partial charge in [-0.1, -0.05) is 23.8 Å². The van der Waals surface area contributed by atoms with Crippen molar-refractivity contribution >= 4 is 29.3 Å². The fourth-order valence-corrected chi connectivity index (χ4v) is 4.07. The molecule has 7 heteroatoms. The van der Waals surface area contributed by atoms with Crippen LogP contribution >= 0.6 is 11.8 Å². The van der Waals surface area contributed by atoms with E-state index in [9.17, 15) is 9.59 Å². The van der Waals surface area contributed by atoms with E-state index < -0.39 is 0 Å². The monoisotopic (exact) mass is 426 g/mol. The number of benzene rings is 2. The average molecular weight is 427 g/mol. The maximum Gasteiger partial charge on any atom is 0.234 e. The zero-order chi connectivity index (χ0) is 20.9. The third kappa shape index (κ3) is 5.48. The number of anilines is 1. The summed E-state index contributed by atoms with van der Waals surface area (Å²) >= 11 is 1.32. The van der Waals surface area contributed by atoms with Crippen molar-refractivity contribution in [2.75, 3.05) is 30.0 Å². The van der Waals surface area contributed by atoms with E-state index in [1.165, 1.54) is 11.8 Å². The molecule has 0 aromatic heterocycles. The van der Waals surface area contributed by atoms with Crippen molar-refractivity contribution < 1.29 is 19.1 Å². The zero-order valence-electron chi connectivity index (χ0n) is 17.0. The molecule has 1 aliphatic heterocycles. The highest BCUT2D eigenvalue weighted by Gasteiger charge is 2.34. The van der Waals surface area contributed by atoms with E-state index in [-0.39, 0.29) is 29.4 Å². The summed E-state index contributed by atoms with van der Waals surface area (Å²) in [6.07, 6.45) is 2.21. The van der Waals surface area contributed by atoms with E-state index in [1.807, 2.05) is 49.4 Å².